The van der Waals surface area contributed by atoms with Crippen LogP contribution in [0.1, 0.15) is 12.0 Å². The summed E-state index contributed by atoms with van der Waals surface area (Å²) in [5.41, 5.74) is 5.80. The van der Waals surface area contributed by atoms with E-state index in [-0.39, 0.29) is 0 Å². The summed E-state index contributed by atoms with van der Waals surface area (Å²) in [6, 6.07) is 11.2. The maximum absolute atomic E-state index is 5.37. The van der Waals surface area contributed by atoms with Crippen LogP contribution in [0.3, 0.4) is 0 Å². The molecule has 1 aromatic carbocycles. The van der Waals surface area contributed by atoms with E-state index in [4.69, 9.17) is 13.3 Å². The molecule has 1 aromatic rings. The normalized spacial score (nSPS) is 10.8. The summed E-state index contributed by atoms with van der Waals surface area (Å²) in [7, 11) is 4.06. The molecule has 0 aliphatic carbocycles. The van der Waals surface area contributed by atoms with Crippen molar-refractivity contribution in [3.05, 3.63) is 35.9 Å². The molecule has 0 spiro atoms. The van der Waals surface area contributed by atoms with Gasteiger partial charge in [0.1, 0.15) is 0 Å². The van der Waals surface area contributed by atoms with Gasteiger partial charge in [0, 0.05) is 33.9 Å². The van der Waals surface area contributed by atoms with Gasteiger partial charge < -0.3 is 24.3 Å². The van der Waals surface area contributed by atoms with E-state index in [0.29, 0.717) is 0 Å². The zero-order valence-corrected chi connectivity index (χ0v) is 14.0. The molecule has 5 nitrogen and oxygen atoms in total. The Hall–Kier alpha value is -0.763. The third kappa shape index (κ3) is 7.13. The monoisotopic (exact) mass is 300 g/mol. The average molecular weight is 300 g/mol. The van der Waals surface area contributed by atoms with Crippen molar-refractivity contribution in [3.63, 3.8) is 0 Å². The minimum Gasteiger partial charge on any atom is -0.377 e. The van der Waals surface area contributed by atoms with Crippen LogP contribution in [0.25, 0.3) is 0 Å². The lowest BCUT2D eigenvalue weighted by Gasteiger charge is -2.24. The van der Waals surface area contributed by atoms with Gasteiger partial charge in [-0.1, -0.05) is 30.3 Å². The molecule has 6 heteroatoms. The summed E-state index contributed by atoms with van der Waals surface area (Å²) < 4.78 is 16.1. The van der Waals surface area contributed by atoms with Crippen LogP contribution in [-0.2, 0) is 19.8 Å². The van der Waals surface area contributed by atoms with Gasteiger partial charge in [0.05, 0.1) is 0 Å². The van der Waals surface area contributed by atoms with Crippen LogP contribution in [0.4, 0.5) is 0 Å². The van der Waals surface area contributed by atoms with E-state index >= 15 is 0 Å². The predicted octanol–water partition coefficient (Wildman–Crippen LogP) is 1.62. The topological polar surface area (TPSA) is 65.7 Å². The Morgan fingerprint density at radius 2 is 1.55 bits per heavy atom. The number of nitrogens with two attached hydrogens (primary N) is 1. The number of benzene rings is 1. The summed E-state index contributed by atoms with van der Waals surface area (Å²) in [5.74, 6) is 0. The van der Waals surface area contributed by atoms with Gasteiger partial charge in [-0.3, -0.25) is 0 Å². The molecule has 0 saturated heterocycles. The van der Waals surface area contributed by atoms with Crippen LogP contribution in [0, 0.1) is 0 Å². The molecule has 0 fully saturated rings. The highest BCUT2D eigenvalue weighted by atomic mass is 28.4. The molecular formula is C14H28N2O3Si. The molecule has 0 aromatic heterocycles. The average Bonchev–Trinajstić information content (AvgIpc) is 2.54. The molecule has 116 valence electrons. The lowest BCUT2D eigenvalue weighted by molar-refractivity contribution is 0.123. The highest BCUT2D eigenvalue weighted by molar-refractivity contribution is 6.60. The van der Waals surface area contributed by atoms with Crippen molar-refractivity contribution >= 4 is 8.80 Å². The van der Waals surface area contributed by atoms with Crippen molar-refractivity contribution in [1.82, 2.24) is 5.32 Å². The van der Waals surface area contributed by atoms with E-state index in [2.05, 4.69) is 35.3 Å². The number of hydrogen-bond donors (Lipinski definition) is 2. The van der Waals surface area contributed by atoms with Crippen LogP contribution < -0.4 is 11.1 Å². The SMILES string of the molecule is CN.CO[Si](CCCNCc1ccccc1)(OC)OC. The first-order valence-corrected chi connectivity index (χ1v) is 8.67. The van der Waals surface area contributed by atoms with Crippen molar-refractivity contribution < 1.29 is 13.3 Å². The van der Waals surface area contributed by atoms with Gasteiger partial charge in [-0.15, -0.1) is 0 Å². The molecule has 20 heavy (non-hydrogen) atoms. The lowest BCUT2D eigenvalue weighted by Crippen LogP contribution is -2.43. The Bertz CT molecular complexity index is 313. The second-order valence-corrected chi connectivity index (χ2v) is 7.15. The van der Waals surface area contributed by atoms with Crippen LogP contribution >= 0.6 is 0 Å². The third-order valence-corrected chi connectivity index (χ3v) is 5.77. The van der Waals surface area contributed by atoms with Gasteiger partial charge >= 0.3 is 8.80 Å². The van der Waals surface area contributed by atoms with Crippen molar-refractivity contribution in [2.75, 3.05) is 34.9 Å². The van der Waals surface area contributed by atoms with Gasteiger partial charge in [-0.2, -0.15) is 0 Å². The van der Waals surface area contributed by atoms with Crippen LogP contribution in [-0.4, -0.2) is 43.7 Å². The van der Waals surface area contributed by atoms with E-state index in [1.165, 1.54) is 12.6 Å². The van der Waals surface area contributed by atoms with Gasteiger partial charge in [0.2, 0.25) is 0 Å². The summed E-state index contributed by atoms with van der Waals surface area (Å²) in [6.07, 6.45) is 0.981. The Kier molecular flexibility index (Phi) is 11.6. The van der Waals surface area contributed by atoms with Gasteiger partial charge in [-0.05, 0) is 25.6 Å². The molecule has 0 unspecified atom stereocenters. The largest absolute Gasteiger partial charge is 0.500 e. The van der Waals surface area contributed by atoms with Crippen LogP contribution in [0.5, 0.6) is 0 Å². The highest BCUT2D eigenvalue weighted by Gasteiger charge is 2.36. The maximum atomic E-state index is 5.37. The van der Waals surface area contributed by atoms with Crippen molar-refractivity contribution in [1.29, 1.82) is 0 Å². The van der Waals surface area contributed by atoms with E-state index in [1.54, 1.807) is 21.3 Å². The third-order valence-electron chi connectivity index (χ3n) is 2.94. The fourth-order valence-corrected chi connectivity index (χ4v) is 3.54. The summed E-state index contributed by atoms with van der Waals surface area (Å²) in [6.45, 7) is 1.82. The Morgan fingerprint density at radius 3 is 2.05 bits per heavy atom. The minimum atomic E-state index is -2.39. The van der Waals surface area contributed by atoms with Gasteiger partial charge in [0.15, 0.2) is 0 Å². The molecule has 3 N–H and O–H groups in total. The second kappa shape index (κ2) is 12.0. The summed E-state index contributed by atoms with van der Waals surface area (Å²) >= 11 is 0. The standard InChI is InChI=1S/C13H23NO3Si.CH5N/c1-15-18(16-2,17-3)11-7-10-14-12-13-8-5-4-6-9-13;1-2/h4-6,8-9,14H,7,10-12H2,1-3H3;2H2,1H3. The smallest absolute Gasteiger partial charge is 0.377 e. The van der Waals surface area contributed by atoms with Gasteiger partial charge in [-0.25, -0.2) is 0 Å². The van der Waals surface area contributed by atoms with Crippen molar-refractivity contribution in [2.24, 2.45) is 5.73 Å². The molecule has 0 heterocycles. The number of nitrogens with one attached hydrogen (secondary N) is 1. The molecule has 1 rings (SSSR count). The van der Waals surface area contributed by atoms with Crippen LogP contribution in [0.15, 0.2) is 30.3 Å². The van der Waals surface area contributed by atoms with E-state index in [0.717, 1.165) is 25.6 Å². The van der Waals surface area contributed by atoms with Gasteiger partial charge in [0.25, 0.3) is 0 Å². The maximum Gasteiger partial charge on any atom is 0.500 e. The second-order valence-electron chi connectivity index (χ2n) is 4.06. The zero-order chi connectivity index (χ0) is 15.3. The molecular weight excluding hydrogens is 272 g/mol. The number of hydrogen-bond acceptors (Lipinski definition) is 5. The van der Waals surface area contributed by atoms with Crippen LogP contribution in [0.2, 0.25) is 6.04 Å². The first-order valence-electron chi connectivity index (χ1n) is 6.74. The van der Waals surface area contributed by atoms with E-state index in [9.17, 15) is 0 Å². The van der Waals surface area contributed by atoms with E-state index < -0.39 is 8.80 Å². The first kappa shape index (κ1) is 19.2. The Morgan fingerprint density at radius 1 is 1.00 bits per heavy atom. The summed E-state index contributed by atoms with van der Waals surface area (Å²) in [5, 5.41) is 3.40. The Labute approximate surface area is 123 Å². The molecule has 0 atom stereocenters. The first-order chi connectivity index (χ1) is 9.76. The minimum absolute atomic E-state index is 0.832. The quantitative estimate of drug-likeness (QED) is 0.536. The predicted molar refractivity (Wildman–Crippen MR) is 84.5 cm³/mol. The molecule has 0 amide bonds. The highest BCUT2D eigenvalue weighted by Crippen LogP contribution is 2.14. The van der Waals surface area contributed by atoms with Crippen molar-refractivity contribution in [2.45, 2.75) is 19.0 Å². The summed E-state index contributed by atoms with van der Waals surface area (Å²) in [4.78, 5) is 0. The zero-order valence-electron chi connectivity index (χ0n) is 13.0. The van der Waals surface area contributed by atoms with Crippen molar-refractivity contribution in [3.8, 4) is 0 Å². The lowest BCUT2D eigenvalue weighted by atomic mass is 10.2. The molecule has 0 aliphatic rings. The van der Waals surface area contributed by atoms with E-state index in [1.807, 2.05) is 6.07 Å². The fourth-order valence-electron chi connectivity index (χ4n) is 1.81. The molecule has 0 saturated carbocycles. The molecule has 0 aliphatic heterocycles. The Balaban J connectivity index is 0.00000172. The fraction of sp³-hybridized carbons (Fsp3) is 0.571. The molecule has 0 bridgehead atoms. The number of rotatable bonds is 9. The molecule has 0 radical (unpaired) electrons.